The van der Waals surface area contributed by atoms with Crippen molar-refractivity contribution in [2.24, 2.45) is 5.92 Å². The molecular formula is C21H22FN3O6S. The van der Waals surface area contributed by atoms with Gasteiger partial charge in [0, 0.05) is 6.54 Å². The second kappa shape index (κ2) is 8.65. The third-order valence-electron chi connectivity index (χ3n) is 5.56. The van der Waals surface area contributed by atoms with E-state index in [2.05, 4.69) is 5.32 Å². The van der Waals surface area contributed by atoms with Crippen LogP contribution >= 0.6 is 0 Å². The van der Waals surface area contributed by atoms with Gasteiger partial charge >= 0.3 is 16.3 Å². The van der Waals surface area contributed by atoms with E-state index in [0.29, 0.717) is 28.3 Å². The van der Waals surface area contributed by atoms with Gasteiger partial charge in [-0.1, -0.05) is 30.3 Å². The highest BCUT2D eigenvalue weighted by Gasteiger charge is 2.39. The SMILES string of the molecule is O=C(O)NCC1CCc2cc(OCc3ccccc3)c(N3CC(=O)NS3(=O)=O)c(F)c2C1. The average molecular weight is 463 g/mol. The first kappa shape index (κ1) is 21.9. The van der Waals surface area contributed by atoms with E-state index in [1.807, 2.05) is 35.1 Å². The number of hydrogen-bond donors (Lipinski definition) is 3. The number of nitrogens with zero attached hydrogens (tertiary/aromatic N) is 1. The fraction of sp³-hybridized carbons (Fsp3) is 0.333. The Bertz CT molecular complexity index is 1160. The van der Waals surface area contributed by atoms with Crippen molar-refractivity contribution in [2.75, 3.05) is 17.4 Å². The summed E-state index contributed by atoms with van der Waals surface area (Å²) in [6.07, 6.45) is 0.216. The number of hydrogen-bond acceptors (Lipinski definition) is 5. The van der Waals surface area contributed by atoms with Crippen molar-refractivity contribution < 1.29 is 32.2 Å². The van der Waals surface area contributed by atoms with Gasteiger partial charge in [0.05, 0.1) is 0 Å². The zero-order valence-electron chi connectivity index (χ0n) is 17.0. The van der Waals surface area contributed by atoms with Gasteiger partial charge in [-0.3, -0.25) is 4.79 Å². The molecule has 2 aliphatic rings. The van der Waals surface area contributed by atoms with E-state index in [0.717, 1.165) is 5.56 Å². The van der Waals surface area contributed by atoms with Crippen LogP contribution in [0, 0.1) is 11.7 Å². The Hall–Kier alpha value is -3.34. The van der Waals surface area contributed by atoms with Crippen LogP contribution < -0.4 is 19.1 Å². The van der Waals surface area contributed by atoms with Crippen LogP contribution in [0.4, 0.5) is 14.9 Å². The number of carbonyl (C=O) groups is 2. The molecule has 1 atom stereocenters. The summed E-state index contributed by atoms with van der Waals surface area (Å²) < 4.78 is 49.1. The standard InChI is InChI=1S/C21H22FN3O6S/c22-19-16-8-14(10-23-21(27)28)6-7-15(16)9-17(31-12-13-4-2-1-3-5-13)20(19)25-11-18(26)24-32(25,29)30/h1-5,9,14,23H,6-8,10-12H2,(H,24,26)(H,27,28). The number of ether oxygens (including phenoxy) is 1. The number of anilines is 1. The molecule has 1 fully saturated rings. The van der Waals surface area contributed by atoms with Crippen molar-refractivity contribution in [1.82, 2.24) is 10.0 Å². The molecule has 32 heavy (non-hydrogen) atoms. The first-order valence-corrected chi connectivity index (χ1v) is 11.5. The number of carboxylic acid groups (broad SMARTS) is 1. The lowest BCUT2D eigenvalue weighted by atomic mass is 9.83. The Morgan fingerprint density at radius 3 is 2.72 bits per heavy atom. The molecule has 2 aromatic rings. The molecule has 0 saturated carbocycles. The van der Waals surface area contributed by atoms with Crippen LogP contribution in [0.5, 0.6) is 5.75 Å². The minimum atomic E-state index is -4.26. The molecule has 170 valence electrons. The number of amides is 2. The Balaban J connectivity index is 1.72. The highest BCUT2D eigenvalue weighted by molar-refractivity contribution is 7.92. The number of aryl methyl sites for hydroxylation is 1. The molecular weight excluding hydrogens is 441 g/mol. The van der Waals surface area contributed by atoms with Crippen LogP contribution in [0.2, 0.25) is 0 Å². The summed E-state index contributed by atoms with van der Waals surface area (Å²) in [6.45, 7) is -0.298. The zero-order chi connectivity index (χ0) is 22.9. The van der Waals surface area contributed by atoms with Gasteiger partial charge in [0.25, 0.3) is 5.91 Å². The van der Waals surface area contributed by atoms with Crippen molar-refractivity contribution in [3.8, 4) is 5.75 Å². The van der Waals surface area contributed by atoms with Gasteiger partial charge in [-0.2, -0.15) is 8.42 Å². The molecule has 0 bridgehead atoms. The number of rotatable bonds is 6. The van der Waals surface area contributed by atoms with Crippen LogP contribution in [-0.4, -0.2) is 38.6 Å². The second-order valence-electron chi connectivity index (χ2n) is 7.78. The van der Waals surface area contributed by atoms with E-state index in [4.69, 9.17) is 9.84 Å². The van der Waals surface area contributed by atoms with E-state index in [-0.39, 0.29) is 36.9 Å². The van der Waals surface area contributed by atoms with Gasteiger partial charge in [-0.25, -0.2) is 18.2 Å². The van der Waals surface area contributed by atoms with Crippen LogP contribution in [0.1, 0.15) is 23.1 Å². The molecule has 1 unspecified atom stereocenters. The molecule has 1 heterocycles. The summed E-state index contributed by atoms with van der Waals surface area (Å²) in [6, 6.07) is 10.8. The molecule has 2 aromatic carbocycles. The van der Waals surface area contributed by atoms with Gasteiger partial charge in [-0.15, -0.1) is 0 Å². The highest BCUT2D eigenvalue weighted by Crippen LogP contribution is 2.41. The summed E-state index contributed by atoms with van der Waals surface area (Å²) in [5.74, 6) is -1.63. The smallest absolute Gasteiger partial charge is 0.404 e. The van der Waals surface area contributed by atoms with Gasteiger partial charge < -0.3 is 15.2 Å². The summed E-state index contributed by atoms with van der Waals surface area (Å²) in [4.78, 5) is 22.6. The largest absolute Gasteiger partial charge is 0.487 e. The molecule has 9 nitrogen and oxygen atoms in total. The maximum atomic E-state index is 15.8. The summed E-state index contributed by atoms with van der Waals surface area (Å²) in [7, 11) is -4.26. The average Bonchev–Trinajstić information content (AvgIpc) is 3.03. The Morgan fingerprint density at radius 2 is 2.06 bits per heavy atom. The molecule has 1 saturated heterocycles. The topological polar surface area (TPSA) is 125 Å². The van der Waals surface area contributed by atoms with Crippen LogP contribution in [-0.2, 0) is 34.5 Å². The predicted octanol–water partition coefficient (Wildman–Crippen LogP) is 1.96. The highest BCUT2D eigenvalue weighted by atomic mass is 32.2. The lowest BCUT2D eigenvalue weighted by Gasteiger charge is -2.28. The maximum absolute atomic E-state index is 15.8. The van der Waals surface area contributed by atoms with E-state index in [1.165, 1.54) is 0 Å². The minimum Gasteiger partial charge on any atom is -0.487 e. The third-order valence-corrected chi connectivity index (χ3v) is 6.94. The van der Waals surface area contributed by atoms with Gasteiger partial charge in [0.15, 0.2) is 5.82 Å². The Kier molecular flexibility index (Phi) is 5.92. The predicted molar refractivity (Wildman–Crippen MR) is 113 cm³/mol. The maximum Gasteiger partial charge on any atom is 0.404 e. The number of fused-ring (bicyclic) bond motifs is 1. The summed E-state index contributed by atoms with van der Waals surface area (Å²) in [5, 5.41) is 11.2. The molecule has 0 spiro atoms. The Labute approximate surface area is 184 Å². The van der Waals surface area contributed by atoms with Crippen LogP contribution in [0.3, 0.4) is 0 Å². The van der Waals surface area contributed by atoms with Crippen molar-refractivity contribution in [2.45, 2.75) is 25.9 Å². The van der Waals surface area contributed by atoms with Crippen molar-refractivity contribution in [3.63, 3.8) is 0 Å². The normalized spacial score (nSPS) is 19.2. The van der Waals surface area contributed by atoms with Crippen molar-refractivity contribution in [3.05, 3.63) is 58.9 Å². The molecule has 11 heteroatoms. The van der Waals surface area contributed by atoms with Crippen LogP contribution in [0.25, 0.3) is 0 Å². The van der Waals surface area contributed by atoms with Crippen molar-refractivity contribution >= 4 is 27.9 Å². The molecule has 1 aliphatic carbocycles. The minimum absolute atomic E-state index is 0.0345. The molecule has 4 rings (SSSR count). The number of nitrogens with one attached hydrogen (secondary N) is 2. The van der Waals surface area contributed by atoms with Gasteiger partial charge in [-0.05, 0) is 47.9 Å². The Morgan fingerprint density at radius 1 is 1.31 bits per heavy atom. The van der Waals surface area contributed by atoms with Gasteiger partial charge in [0.2, 0.25) is 0 Å². The molecule has 2 amide bonds. The lowest BCUT2D eigenvalue weighted by molar-refractivity contribution is -0.117. The molecule has 1 aliphatic heterocycles. The van der Waals surface area contributed by atoms with E-state index in [9.17, 15) is 18.0 Å². The molecule has 0 aromatic heterocycles. The molecule has 0 radical (unpaired) electrons. The first-order chi connectivity index (χ1) is 15.2. The zero-order valence-corrected chi connectivity index (χ0v) is 17.8. The number of carbonyl (C=O) groups excluding carboxylic acids is 1. The number of halogens is 1. The monoisotopic (exact) mass is 463 g/mol. The lowest BCUT2D eigenvalue weighted by Crippen LogP contribution is -2.33. The van der Waals surface area contributed by atoms with Crippen LogP contribution in [0.15, 0.2) is 36.4 Å². The van der Waals surface area contributed by atoms with Crippen molar-refractivity contribution in [1.29, 1.82) is 0 Å². The first-order valence-electron chi connectivity index (χ1n) is 10.1. The number of benzene rings is 2. The van der Waals surface area contributed by atoms with Gasteiger partial charge in [0.1, 0.15) is 24.6 Å². The van der Waals surface area contributed by atoms with E-state index >= 15 is 4.39 Å². The fourth-order valence-electron chi connectivity index (χ4n) is 4.03. The molecule has 3 N–H and O–H groups in total. The second-order valence-corrected chi connectivity index (χ2v) is 9.38. The van der Waals surface area contributed by atoms with E-state index in [1.54, 1.807) is 6.07 Å². The van der Waals surface area contributed by atoms with E-state index < -0.39 is 34.6 Å². The summed E-state index contributed by atoms with van der Waals surface area (Å²) in [5.41, 5.74) is 1.49. The quantitative estimate of drug-likeness (QED) is 0.602. The fourth-order valence-corrected chi connectivity index (χ4v) is 5.19. The third kappa shape index (κ3) is 4.47. The summed E-state index contributed by atoms with van der Waals surface area (Å²) >= 11 is 0.